The average molecular weight is 510 g/mol. The molecule has 5 unspecified atom stereocenters. The largest absolute Gasteiger partial charge is 0.445 e. The predicted molar refractivity (Wildman–Crippen MR) is 143 cm³/mol. The maximum atomic E-state index is 13.3. The first-order valence-corrected chi connectivity index (χ1v) is 12.9. The second-order valence-electron chi connectivity index (χ2n) is 9.38. The van der Waals surface area contributed by atoms with Gasteiger partial charge in [0.1, 0.15) is 25.0 Å². The van der Waals surface area contributed by atoms with Gasteiger partial charge in [-0.1, -0.05) is 101 Å². The summed E-state index contributed by atoms with van der Waals surface area (Å²) in [5.41, 5.74) is 1.75. The van der Waals surface area contributed by atoms with Gasteiger partial charge in [-0.2, -0.15) is 0 Å². The molecule has 0 aromatic heterocycles. The van der Waals surface area contributed by atoms with Crippen LogP contribution < -0.4 is 16.0 Å². The number of ether oxygens (including phenoxy) is 1. The fourth-order valence-corrected chi connectivity index (χ4v) is 3.81. The number of hydrogen-bond acceptors (Lipinski definition) is 5. The van der Waals surface area contributed by atoms with E-state index in [2.05, 4.69) is 16.0 Å². The molecule has 0 radical (unpaired) electrons. The van der Waals surface area contributed by atoms with E-state index >= 15 is 0 Å². The van der Waals surface area contributed by atoms with E-state index in [9.17, 15) is 19.2 Å². The van der Waals surface area contributed by atoms with Gasteiger partial charge < -0.3 is 25.5 Å². The number of benzene rings is 2. The van der Waals surface area contributed by atoms with Crippen LogP contribution in [0.4, 0.5) is 4.79 Å². The zero-order valence-corrected chi connectivity index (χ0v) is 22.1. The summed E-state index contributed by atoms with van der Waals surface area (Å²) >= 11 is 0. The summed E-state index contributed by atoms with van der Waals surface area (Å²) in [6, 6.07) is 16.1. The Bertz CT molecular complexity index is 999. The van der Waals surface area contributed by atoms with Crippen LogP contribution >= 0.6 is 0 Å². The summed E-state index contributed by atoms with van der Waals surface area (Å²) in [6.07, 6.45) is 1.59. The molecule has 200 valence electrons. The molecule has 0 aliphatic carbocycles. The van der Waals surface area contributed by atoms with Crippen LogP contribution in [0.25, 0.3) is 0 Å². The number of amides is 3. The first-order valence-electron chi connectivity index (χ1n) is 12.9. The fourth-order valence-electron chi connectivity index (χ4n) is 3.81. The van der Waals surface area contributed by atoms with Crippen LogP contribution in [0, 0.1) is 11.8 Å². The molecule has 0 bridgehead atoms. The Kier molecular flexibility index (Phi) is 12.3. The van der Waals surface area contributed by atoms with Gasteiger partial charge >= 0.3 is 6.09 Å². The lowest BCUT2D eigenvalue weighted by atomic mass is 9.94. The highest BCUT2D eigenvalue weighted by molar-refractivity contribution is 5.92. The number of carbonyl (C=O) groups is 4. The van der Waals surface area contributed by atoms with Gasteiger partial charge in [0.2, 0.25) is 11.8 Å². The summed E-state index contributed by atoms with van der Waals surface area (Å²) < 4.78 is 5.30. The van der Waals surface area contributed by atoms with Crippen molar-refractivity contribution in [3.05, 3.63) is 71.8 Å². The van der Waals surface area contributed by atoms with Crippen molar-refractivity contribution in [2.24, 2.45) is 11.8 Å². The number of alkyl carbamates (subject to hydrolysis) is 1. The second-order valence-corrected chi connectivity index (χ2v) is 9.38. The minimum Gasteiger partial charge on any atom is -0.445 e. The molecule has 2 rings (SSSR count). The van der Waals surface area contributed by atoms with E-state index in [-0.39, 0.29) is 18.4 Å². The lowest BCUT2D eigenvalue weighted by Crippen LogP contribution is -2.58. The zero-order chi connectivity index (χ0) is 27.2. The Morgan fingerprint density at radius 2 is 1.24 bits per heavy atom. The minimum absolute atomic E-state index is 0.0773. The number of hydrogen-bond donors (Lipinski definition) is 3. The molecular weight excluding hydrogens is 470 g/mol. The molecule has 0 spiro atoms. The summed E-state index contributed by atoms with van der Waals surface area (Å²) in [4.78, 5) is 50.7. The van der Waals surface area contributed by atoms with Gasteiger partial charge in [-0.05, 0) is 29.4 Å². The van der Waals surface area contributed by atoms with Crippen LogP contribution in [0.1, 0.15) is 51.7 Å². The van der Waals surface area contributed by atoms with Crippen LogP contribution in [0.5, 0.6) is 0 Å². The molecule has 3 amide bonds. The van der Waals surface area contributed by atoms with Gasteiger partial charge in [-0.25, -0.2) is 4.79 Å². The molecule has 3 N–H and O–H groups in total. The Morgan fingerprint density at radius 1 is 0.757 bits per heavy atom. The topological polar surface area (TPSA) is 114 Å². The molecule has 0 heterocycles. The highest BCUT2D eigenvalue weighted by atomic mass is 16.5. The van der Waals surface area contributed by atoms with E-state index in [1.165, 1.54) is 0 Å². The van der Waals surface area contributed by atoms with Crippen LogP contribution in [-0.4, -0.2) is 42.3 Å². The third-order valence-electron chi connectivity index (χ3n) is 6.57. The Labute approximate surface area is 219 Å². The fraction of sp³-hybridized carbons (Fsp3) is 0.448. The van der Waals surface area contributed by atoms with Gasteiger partial charge in [-0.3, -0.25) is 9.59 Å². The highest BCUT2D eigenvalue weighted by Gasteiger charge is 2.33. The van der Waals surface area contributed by atoms with Crippen molar-refractivity contribution in [2.45, 2.75) is 71.7 Å². The van der Waals surface area contributed by atoms with E-state index in [1.807, 2.05) is 88.4 Å². The van der Waals surface area contributed by atoms with Crippen LogP contribution in [0.15, 0.2) is 60.7 Å². The Hall–Kier alpha value is -3.68. The van der Waals surface area contributed by atoms with Crippen molar-refractivity contribution in [3.8, 4) is 0 Å². The van der Waals surface area contributed by atoms with Gasteiger partial charge in [-0.15, -0.1) is 0 Å². The SMILES string of the molecule is CCC(C)C(NC(=O)OCc1ccccc1)C(=O)NC(C(=O)NC(C=O)Cc1ccccc1)C(C)CC. The van der Waals surface area contributed by atoms with Crippen molar-refractivity contribution in [3.63, 3.8) is 0 Å². The molecule has 0 aliphatic heterocycles. The molecular formula is C29H39N3O5. The summed E-state index contributed by atoms with van der Waals surface area (Å²) in [6.45, 7) is 7.62. The normalized spacial score (nSPS) is 14.8. The number of nitrogens with one attached hydrogen (secondary N) is 3. The first-order chi connectivity index (χ1) is 17.8. The molecule has 8 heteroatoms. The molecule has 0 saturated heterocycles. The first kappa shape index (κ1) is 29.5. The monoisotopic (exact) mass is 509 g/mol. The van der Waals surface area contributed by atoms with Gasteiger partial charge in [0.05, 0.1) is 6.04 Å². The van der Waals surface area contributed by atoms with E-state index in [1.54, 1.807) is 0 Å². The number of rotatable bonds is 14. The lowest BCUT2D eigenvalue weighted by Gasteiger charge is -2.29. The summed E-state index contributed by atoms with van der Waals surface area (Å²) in [5.74, 6) is -1.32. The van der Waals surface area contributed by atoms with Crippen molar-refractivity contribution in [1.82, 2.24) is 16.0 Å². The molecule has 0 fully saturated rings. The quantitative estimate of drug-likeness (QED) is 0.336. The Morgan fingerprint density at radius 3 is 1.76 bits per heavy atom. The minimum atomic E-state index is -0.890. The molecule has 5 atom stereocenters. The van der Waals surface area contributed by atoms with Crippen LogP contribution in [0.2, 0.25) is 0 Å². The molecule has 2 aromatic carbocycles. The summed E-state index contributed by atoms with van der Waals surface area (Å²) in [7, 11) is 0. The standard InChI is InChI=1S/C29H39N3O5/c1-5-20(3)25(27(34)30-24(18-33)17-22-13-9-7-10-14-22)31-28(35)26(21(4)6-2)32-29(36)37-19-23-15-11-8-12-16-23/h7-16,18,20-21,24-26H,5-6,17,19H2,1-4H3,(H,30,34)(H,31,35)(H,32,36). The summed E-state index contributed by atoms with van der Waals surface area (Å²) in [5, 5.41) is 8.24. The van der Waals surface area contributed by atoms with Crippen molar-refractivity contribution in [1.29, 1.82) is 0 Å². The van der Waals surface area contributed by atoms with E-state index in [0.717, 1.165) is 11.1 Å². The van der Waals surface area contributed by atoms with Crippen molar-refractivity contribution >= 4 is 24.2 Å². The maximum Gasteiger partial charge on any atom is 0.408 e. The smallest absolute Gasteiger partial charge is 0.408 e. The maximum absolute atomic E-state index is 13.3. The van der Waals surface area contributed by atoms with E-state index in [0.29, 0.717) is 25.5 Å². The molecule has 8 nitrogen and oxygen atoms in total. The molecule has 0 saturated carbocycles. The van der Waals surface area contributed by atoms with Gasteiger partial charge in [0, 0.05) is 0 Å². The van der Waals surface area contributed by atoms with E-state index in [4.69, 9.17) is 4.74 Å². The molecule has 37 heavy (non-hydrogen) atoms. The van der Waals surface area contributed by atoms with Crippen LogP contribution in [0.3, 0.4) is 0 Å². The third-order valence-corrected chi connectivity index (χ3v) is 6.57. The zero-order valence-electron chi connectivity index (χ0n) is 22.1. The average Bonchev–Trinajstić information content (AvgIpc) is 2.93. The number of carbonyl (C=O) groups excluding carboxylic acids is 4. The van der Waals surface area contributed by atoms with Gasteiger partial charge in [0.25, 0.3) is 0 Å². The number of aldehydes is 1. The third kappa shape index (κ3) is 9.71. The lowest BCUT2D eigenvalue weighted by molar-refractivity contribution is -0.132. The van der Waals surface area contributed by atoms with E-state index < -0.39 is 36.0 Å². The van der Waals surface area contributed by atoms with Gasteiger partial charge in [0.15, 0.2) is 0 Å². The van der Waals surface area contributed by atoms with Crippen molar-refractivity contribution in [2.75, 3.05) is 0 Å². The Balaban J connectivity index is 2.07. The second kappa shape index (κ2) is 15.4. The highest BCUT2D eigenvalue weighted by Crippen LogP contribution is 2.13. The van der Waals surface area contributed by atoms with Crippen LogP contribution in [-0.2, 0) is 32.1 Å². The predicted octanol–water partition coefficient (Wildman–Crippen LogP) is 3.78. The van der Waals surface area contributed by atoms with Crippen molar-refractivity contribution < 1.29 is 23.9 Å². The molecule has 0 aliphatic rings. The molecule has 2 aromatic rings.